The molecule has 8 heteroatoms. The maximum absolute atomic E-state index is 11.9. The van der Waals surface area contributed by atoms with Gasteiger partial charge in [0.25, 0.3) is 0 Å². The van der Waals surface area contributed by atoms with Crippen LogP contribution in [0.15, 0.2) is 28.8 Å². The van der Waals surface area contributed by atoms with Gasteiger partial charge in [-0.3, -0.25) is 0 Å². The van der Waals surface area contributed by atoms with Crippen LogP contribution in [0.3, 0.4) is 0 Å². The molecule has 0 aliphatic heterocycles. The Morgan fingerprint density at radius 1 is 1.40 bits per heavy atom. The summed E-state index contributed by atoms with van der Waals surface area (Å²) in [6, 6.07) is 8.52. The number of hydrogen-bond donors (Lipinski definition) is 1. The van der Waals surface area contributed by atoms with Crippen molar-refractivity contribution in [3.8, 4) is 6.07 Å². The van der Waals surface area contributed by atoms with Crippen LogP contribution >= 0.6 is 0 Å². The van der Waals surface area contributed by atoms with E-state index in [9.17, 15) is 8.42 Å². The second kappa shape index (κ2) is 5.81. The molecule has 0 radical (unpaired) electrons. The number of hydrogen-bond acceptors (Lipinski definition) is 6. The van der Waals surface area contributed by atoms with Crippen molar-refractivity contribution < 1.29 is 12.9 Å². The molecule has 1 aromatic carbocycles. The van der Waals surface area contributed by atoms with E-state index in [1.54, 1.807) is 31.2 Å². The van der Waals surface area contributed by atoms with Gasteiger partial charge in [0.05, 0.1) is 23.9 Å². The third-order valence-electron chi connectivity index (χ3n) is 2.50. The minimum atomic E-state index is -3.58. The predicted octanol–water partition coefficient (Wildman–Crippen LogP) is 0.869. The highest BCUT2D eigenvalue weighted by molar-refractivity contribution is 7.88. The van der Waals surface area contributed by atoms with Crippen LogP contribution in [0.5, 0.6) is 0 Å². The summed E-state index contributed by atoms with van der Waals surface area (Å²) < 4.78 is 31.0. The predicted molar refractivity (Wildman–Crippen MR) is 69.7 cm³/mol. The van der Waals surface area contributed by atoms with Crippen molar-refractivity contribution in [2.75, 3.05) is 0 Å². The lowest BCUT2D eigenvalue weighted by Crippen LogP contribution is -2.25. The van der Waals surface area contributed by atoms with E-state index >= 15 is 0 Å². The first kappa shape index (κ1) is 14.2. The van der Waals surface area contributed by atoms with Crippen molar-refractivity contribution in [2.24, 2.45) is 0 Å². The Labute approximate surface area is 116 Å². The molecule has 0 amide bonds. The number of rotatable bonds is 5. The number of sulfonamides is 1. The lowest BCUT2D eigenvalue weighted by molar-refractivity contribution is 0.387. The molecule has 7 nitrogen and oxygen atoms in total. The molecule has 0 aliphatic carbocycles. The third kappa shape index (κ3) is 3.63. The van der Waals surface area contributed by atoms with E-state index in [-0.39, 0.29) is 18.1 Å². The van der Waals surface area contributed by atoms with Crippen molar-refractivity contribution in [2.45, 2.75) is 19.2 Å². The average Bonchev–Trinajstić information content (AvgIpc) is 2.83. The van der Waals surface area contributed by atoms with E-state index in [1.807, 2.05) is 6.07 Å². The highest BCUT2D eigenvalue weighted by atomic mass is 32.2. The van der Waals surface area contributed by atoms with Gasteiger partial charge >= 0.3 is 0 Å². The molecule has 1 aromatic heterocycles. The lowest BCUT2D eigenvalue weighted by Gasteiger charge is -2.06. The van der Waals surface area contributed by atoms with Crippen LogP contribution < -0.4 is 4.72 Å². The first-order valence-electron chi connectivity index (χ1n) is 5.75. The zero-order chi connectivity index (χ0) is 14.6. The molecule has 0 fully saturated rings. The fraction of sp³-hybridized carbons (Fsp3) is 0.250. The summed E-state index contributed by atoms with van der Waals surface area (Å²) in [4.78, 5) is 3.90. The van der Waals surface area contributed by atoms with Gasteiger partial charge in [-0.1, -0.05) is 23.4 Å². The van der Waals surface area contributed by atoms with Crippen molar-refractivity contribution in [1.29, 1.82) is 5.26 Å². The van der Waals surface area contributed by atoms with Crippen LogP contribution in [-0.2, 0) is 22.3 Å². The highest BCUT2D eigenvalue weighted by Crippen LogP contribution is 2.11. The molecular weight excluding hydrogens is 280 g/mol. The van der Waals surface area contributed by atoms with Gasteiger partial charge in [0.2, 0.25) is 15.9 Å². The number of aromatic nitrogens is 2. The third-order valence-corrected chi connectivity index (χ3v) is 3.78. The molecule has 0 saturated carbocycles. The minimum absolute atomic E-state index is 0.0472. The zero-order valence-corrected chi connectivity index (χ0v) is 11.5. The molecular formula is C12H12N4O3S. The van der Waals surface area contributed by atoms with Crippen LogP contribution in [-0.4, -0.2) is 18.6 Å². The van der Waals surface area contributed by atoms with Gasteiger partial charge in [0.1, 0.15) is 0 Å². The Hall–Kier alpha value is -2.24. The normalized spacial score (nSPS) is 11.2. The SMILES string of the molecule is Cc1nc(CNS(=O)(=O)Cc2ccccc2C#N)no1. The van der Waals surface area contributed by atoms with E-state index in [2.05, 4.69) is 14.9 Å². The van der Waals surface area contributed by atoms with Crippen LogP contribution in [0.2, 0.25) is 0 Å². The van der Waals surface area contributed by atoms with E-state index in [1.165, 1.54) is 0 Å². The van der Waals surface area contributed by atoms with Crippen LogP contribution in [0.1, 0.15) is 22.8 Å². The summed E-state index contributed by atoms with van der Waals surface area (Å²) in [5.41, 5.74) is 0.792. The molecule has 0 bridgehead atoms. The summed E-state index contributed by atoms with van der Waals surface area (Å²) in [5.74, 6) is 0.363. The monoisotopic (exact) mass is 292 g/mol. The number of nitriles is 1. The van der Waals surface area contributed by atoms with Crippen LogP contribution in [0, 0.1) is 18.3 Å². The second-order valence-electron chi connectivity index (χ2n) is 4.08. The standard InChI is InChI=1S/C12H12N4O3S/c1-9-15-12(16-19-9)7-14-20(17,18)8-11-5-3-2-4-10(11)6-13/h2-5,14H,7-8H2,1H3. The van der Waals surface area contributed by atoms with E-state index in [0.29, 0.717) is 17.0 Å². The molecule has 0 saturated heterocycles. The molecule has 2 aromatic rings. The van der Waals surface area contributed by atoms with Crippen molar-refractivity contribution >= 4 is 10.0 Å². The summed E-state index contributed by atoms with van der Waals surface area (Å²) in [5, 5.41) is 12.5. The van der Waals surface area contributed by atoms with E-state index in [4.69, 9.17) is 9.78 Å². The maximum Gasteiger partial charge on any atom is 0.223 e. The number of nitrogens with one attached hydrogen (secondary N) is 1. The summed E-state index contributed by atoms with van der Waals surface area (Å²) in [6.45, 7) is 1.57. The summed E-state index contributed by atoms with van der Waals surface area (Å²) in [6.07, 6.45) is 0. The minimum Gasteiger partial charge on any atom is -0.340 e. The van der Waals surface area contributed by atoms with Gasteiger partial charge in [-0.05, 0) is 11.6 Å². The molecule has 2 rings (SSSR count). The van der Waals surface area contributed by atoms with Crippen molar-refractivity contribution in [3.63, 3.8) is 0 Å². The Kier molecular flexibility index (Phi) is 4.12. The van der Waals surface area contributed by atoms with Crippen molar-refractivity contribution in [1.82, 2.24) is 14.9 Å². The number of aryl methyl sites for hydroxylation is 1. The Bertz CT molecular complexity index is 746. The average molecular weight is 292 g/mol. The molecule has 20 heavy (non-hydrogen) atoms. The Morgan fingerprint density at radius 2 is 2.15 bits per heavy atom. The van der Waals surface area contributed by atoms with E-state index < -0.39 is 10.0 Å². The summed E-state index contributed by atoms with van der Waals surface area (Å²) in [7, 11) is -3.58. The topological polar surface area (TPSA) is 109 Å². The van der Waals surface area contributed by atoms with Gasteiger partial charge in [0.15, 0.2) is 5.82 Å². The van der Waals surface area contributed by atoms with Gasteiger partial charge in [0, 0.05) is 6.92 Å². The first-order valence-corrected chi connectivity index (χ1v) is 7.40. The van der Waals surface area contributed by atoms with Gasteiger partial charge in [-0.25, -0.2) is 13.1 Å². The highest BCUT2D eigenvalue weighted by Gasteiger charge is 2.15. The largest absolute Gasteiger partial charge is 0.340 e. The van der Waals surface area contributed by atoms with Gasteiger partial charge in [-0.2, -0.15) is 10.2 Å². The second-order valence-corrected chi connectivity index (χ2v) is 5.89. The maximum atomic E-state index is 11.9. The molecule has 1 heterocycles. The first-order chi connectivity index (χ1) is 9.50. The van der Waals surface area contributed by atoms with E-state index in [0.717, 1.165) is 0 Å². The van der Waals surface area contributed by atoms with Gasteiger partial charge in [-0.15, -0.1) is 0 Å². The fourth-order valence-corrected chi connectivity index (χ4v) is 2.71. The summed E-state index contributed by atoms with van der Waals surface area (Å²) >= 11 is 0. The molecule has 0 aliphatic rings. The number of benzene rings is 1. The lowest BCUT2D eigenvalue weighted by atomic mass is 10.1. The fourth-order valence-electron chi connectivity index (χ4n) is 1.60. The van der Waals surface area contributed by atoms with Crippen molar-refractivity contribution in [3.05, 3.63) is 47.1 Å². The number of nitrogens with zero attached hydrogens (tertiary/aromatic N) is 3. The Balaban J connectivity index is 2.06. The quantitative estimate of drug-likeness (QED) is 0.875. The zero-order valence-electron chi connectivity index (χ0n) is 10.7. The smallest absolute Gasteiger partial charge is 0.223 e. The molecule has 104 valence electrons. The van der Waals surface area contributed by atoms with Crippen LogP contribution in [0.4, 0.5) is 0 Å². The Morgan fingerprint density at radius 3 is 2.80 bits per heavy atom. The molecule has 1 N–H and O–H groups in total. The molecule has 0 spiro atoms. The molecule has 0 atom stereocenters. The molecule has 0 unspecified atom stereocenters. The van der Waals surface area contributed by atoms with Gasteiger partial charge < -0.3 is 4.52 Å². The van der Waals surface area contributed by atoms with Crippen LogP contribution in [0.25, 0.3) is 0 Å².